The number of amides is 4. The maximum atomic E-state index is 13.3. The SMILES string of the molecule is Cc1cc(S(=O)(=O)NCCOCCOCCNC(=O)NCCCCNC(=O)NCCOCCOCCNS(=O)(=O)c2ccc(O[C@H]3c4cc(Cl)cc(Cl)c4C[C@@H]3N3CCC[C@@H](N(C)C)C3)c(C)c2)ccc1O[C@H]1c2cc(Cl)cc(Cl)c2C[C@@H]1N1CCC[C@@H](N(C)C)C1. The molecule has 4 aliphatic rings. The van der Waals surface area contributed by atoms with Gasteiger partial charge in [0, 0.05) is 95.7 Å². The molecule has 0 aromatic heterocycles. The Morgan fingerprint density at radius 1 is 0.511 bits per heavy atom. The average molecular weight is 1400 g/mol. The summed E-state index contributed by atoms with van der Waals surface area (Å²) in [6, 6.07) is 17.4. The third kappa shape index (κ3) is 21.1. The second-order valence-corrected chi connectivity index (χ2v) is 29.4. The van der Waals surface area contributed by atoms with Gasteiger partial charge in [-0.05, 0) is 189 Å². The molecule has 2 fully saturated rings. The zero-order valence-corrected chi connectivity index (χ0v) is 58.3. The van der Waals surface area contributed by atoms with E-state index >= 15 is 0 Å². The van der Waals surface area contributed by atoms with Gasteiger partial charge in [0.25, 0.3) is 0 Å². The molecular formula is C64H92Cl4N10O12S2. The van der Waals surface area contributed by atoms with Crippen molar-refractivity contribution in [1.82, 2.24) is 50.3 Å². The topological polar surface area (TPSA) is 243 Å². The highest BCUT2D eigenvalue weighted by molar-refractivity contribution is 7.89. The van der Waals surface area contributed by atoms with Crippen LogP contribution in [-0.4, -0.2) is 219 Å². The molecule has 4 amide bonds. The van der Waals surface area contributed by atoms with Crippen LogP contribution in [0.3, 0.4) is 0 Å². The van der Waals surface area contributed by atoms with Crippen LogP contribution >= 0.6 is 46.4 Å². The standard InChI is InChI=1S/C64H92Cl4N10O12S2/c1-43-33-49(13-15-59(43)89-61-53-35-45(65)37-55(67)51(53)39-57(61)77-23-9-11-47(41-77)75(3)4)91(81,82)73-21-27-87-31-29-85-25-19-71-63(79)69-17-7-8-18-70-64(80)72-20-26-86-30-32-88-28-22-74-92(83,84)50-14-16-60(44(2)34-50)90-62-54-36-46(66)38-56(68)52(54)40-58(62)78-24-10-12-48(42-78)76(5)6/h13-16,33-38,47-48,57-58,61-62,73-74H,7-12,17-32,39-42H2,1-6H3,(H2,69,71,79)(H2,70,72,80)/t47-,48-,57+,58+,61+,62+/m1/s1. The fourth-order valence-electron chi connectivity index (χ4n) is 12.2. The molecule has 28 heteroatoms. The molecule has 92 heavy (non-hydrogen) atoms. The number of hydrogen-bond donors (Lipinski definition) is 6. The molecule has 0 radical (unpaired) electrons. The highest BCUT2D eigenvalue weighted by atomic mass is 35.5. The minimum absolute atomic E-state index is 0.0424. The number of urea groups is 2. The zero-order chi connectivity index (χ0) is 66.0. The second-order valence-electron chi connectivity index (χ2n) is 24.2. The maximum Gasteiger partial charge on any atom is 0.314 e. The van der Waals surface area contributed by atoms with Crippen LogP contribution in [0, 0.1) is 13.8 Å². The van der Waals surface area contributed by atoms with E-state index in [1.807, 2.05) is 26.0 Å². The van der Waals surface area contributed by atoms with Crippen molar-refractivity contribution >= 4 is 78.5 Å². The van der Waals surface area contributed by atoms with Gasteiger partial charge in [0.1, 0.15) is 23.7 Å². The normalized spacial score (nSPS) is 20.3. The largest absolute Gasteiger partial charge is 0.484 e. The molecule has 2 aliphatic carbocycles. The van der Waals surface area contributed by atoms with Crippen molar-refractivity contribution in [2.45, 2.75) is 111 Å². The van der Waals surface area contributed by atoms with Crippen molar-refractivity contribution in [1.29, 1.82) is 0 Å². The lowest BCUT2D eigenvalue weighted by molar-refractivity contribution is 0.0377. The Labute approximate surface area is 563 Å². The molecule has 8 rings (SSSR count). The first-order valence-electron chi connectivity index (χ1n) is 31.7. The van der Waals surface area contributed by atoms with Gasteiger partial charge in [-0.3, -0.25) is 9.80 Å². The van der Waals surface area contributed by atoms with Crippen LogP contribution in [0.1, 0.15) is 84.1 Å². The lowest BCUT2D eigenvalue weighted by atomic mass is 10.0. The van der Waals surface area contributed by atoms with Crippen molar-refractivity contribution in [2.24, 2.45) is 0 Å². The number of sulfonamides is 2. The molecule has 2 saturated heterocycles. The molecule has 2 heterocycles. The van der Waals surface area contributed by atoms with Crippen molar-refractivity contribution in [3.8, 4) is 11.5 Å². The molecule has 2 aliphatic heterocycles. The van der Waals surface area contributed by atoms with E-state index in [9.17, 15) is 26.4 Å². The smallest absolute Gasteiger partial charge is 0.314 e. The predicted octanol–water partition coefficient (Wildman–Crippen LogP) is 7.76. The second kappa shape index (κ2) is 35.6. The van der Waals surface area contributed by atoms with E-state index in [1.165, 1.54) is 0 Å². The van der Waals surface area contributed by atoms with Gasteiger partial charge in [-0.15, -0.1) is 0 Å². The summed E-state index contributed by atoms with van der Waals surface area (Å²) in [6.07, 6.45) is 6.51. The summed E-state index contributed by atoms with van der Waals surface area (Å²) >= 11 is 26.5. The van der Waals surface area contributed by atoms with Crippen molar-refractivity contribution < 1.29 is 54.8 Å². The van der Waals surface area contributed by atoms with Gasteiger partial charge in [0.2, 0.25) is 20.0 Å². The zero-order valence-electron chi connectivity index (χ0n) is 53.6. The van der Waals surface area contributed by atoms with Crippen molar-refractivity contribution in [2.75, 3.05) is 146 Å². The monoisotopic (exact) mass is 1400 g/mol. The predicted molar refractivity (Wildman–Crippen MR) is 359 cm³/mol. The fourth-order valence-corrected chi connectivity index (χ4v) is 15.6. The first-order valence-corrected chi connectivity index (χ1v) is 36.2. The van der Waals surface area contributed by atoms with E-state index in [0.717, 1.165) is 87.0 Å². The van der Waals surface area contributed by atoms with Crippen LogP contribution in [-0.2, 0) is 51.8 Å². The number of carbonyl (C=O) groups excluding carboxylic acids is 2. The summed E-state index contributed by atoms with van der Waals surface area (Å²) in [4.78, 5) is 34.2. The number of likely N-dealkylation sites (N-methyl/N-ethyl adjacent to an activating group) is 2. The van der Waals surface area contributed by atoms with Crippen LogP contribution < -0.4 is 40.2 Å². The molecule has 0 spiro atoms. The quantitative estimate of drug-likeness (QED) is 0.0241. The van der Waals surface area contributed by atoms with Crippen LogP contribution in [0.5, 0.6) is 11.5 Å². The van der Waals surface area contributed by atoms with Gasteiger partial charge in [0.15, 0.2) is 0 Å². The van der Waals surface area contributed by atoms with Crippen LogP contribution in [0.25, 0.3) is 0 Å². The van der Waals surface area contributed by atoms with Crippen molar-refractivity contribution in [3.63, 3.8) is 0 Å². The first kappa shape index (κ1) is 73.5. The Balaban J connectivity index is 0.599. The Morgan fingerprint density at radius 2 is 0.880 bits per heavy atom. The number of likely N-dealkylation sites (tertiary alicyclic amines) is 2. The number of ether oxygens (including phenoxy) is 6. The maximum absolute atomic E-state index is 13.3. The van der Waals surface area contributed by atoms with E-state index in [-0.39, 0.29) is 125 Å². The van der Waals surface area contributed by atoms with E-state index in [1.54, 1.807) is 48.5 Å². The summed E-state index contributed by atoms with van der Waals surface area (Å²) in [5.41, 5.74) is 5.34. The van der Waals surface area contributed by atoms with Crippen LogP contribution in [0.2, 0.25) is 20.1 Å². The van der Waals surface area contributed by atoms with Gasteiger partial charge in [0.05, 0.1) is 74.7 Å². The van der Waals surface area contributed by atoms with Gasteiger partial charge >= 0.3 is 12.1 Å². The molecule has 6 atom stereocenters. The van der Waals surface area contributed by atoms with Crippen LogP contribution in [0.15, 0.2) is 70.5 Å². The molecule has 4 aromatic rings. The highest BCUT2D eigenvalue weighted by Gasteiger charge is 2.43. The molecule has 0 saturated carbocycles. The minimum Gasteiger partial charge on any atom is -0.484 e. The molecule has 510 valence electrons. The number of piperidine rings is 2. The number of unbranched alkanes of at least 4 members (excludes halogenated alkanes) is 1. The number of aryl methyl sites for hydroxylation is 2. The van der Waals surface area contributed by atoms with Gasteiger partial charge in [-0.25, -0.2) is 35.9 Å². The van der Waals surface area contributed by atoms with Crippen molar-refractivity contribution in [3.05, 3.63) is 114 Å². The number of rotatable bonds is 35. The molecule has 6 N–H and O–H groups in total. The summed E-state index contributed by atoms with van der Waals surface area (Å²) in [7, 11) is 0.788. The summed E-state index contributed by atoms with van der Waals surface area (Å²) < 4.78 is 94.0. The van der Waals surface area contributed by atoms with E-state index < -0.39 is 20.0 Å². The van der Waals surface area contributed by atoms with Gasteiger partial charge in [-0.1, -0.05) is 46.4 Å². The molecule has 0 unspecified atom stereocenters. The fraction of sp³-hybridized carbons (Fsp3) is 0.594. The van der Waals surface area contributed by atoms with Gasteiger partial charge in [-0.2, -0.15) is 0 Å². The lowest BCUT2D eigenvalue weighted by Crippen LogP contribution is -2.51. The third-order valence-electron chi connectivity index (χ3n) is 17.3. The highest BCUT2D eigenvalue weighted by Crippen LogP contribution is 2.46. The van der Waals surface area contributed by atoms with Gasteiger partial charge < -0.3 is 59.5 Å². The summed E-state index contributed by atoms with van der Waals surface area (Å²) in [6.45, 7) is 10.7. The Morgan fingerprint density at radius 3 is 1.25 bits per heavy atom. The summed E-state index contributed by atoms with van der Waals surface area (Å²) in [5, 5.41) is 13.3. The minimum atomic E-state index is -3.84. The van der Waals surface area contributed by atoms with Crippen LogP contribution in [0.4, 0.5) is 9.59 Å². The number of benzene rings is 4. The number of halogens is 4. The first-order chi connectivity index (χ1) is 44.1. The molecule has 0 bridgehead atoms. The number of nitrogens with one attached hydrogen (secondary N) is 6. The third-order valence-corrected chi connectivity index (χ3v) is 21.3. The number of nitrogens with zero attached hydrogens (tertiary/aromatic N) is 4. The molecular weight excluding hydrogens is 1310 g/mol. The molecule has 4 aromatic carbocycles. The van der Waals surface area contributed by atoms with E-state index in [2.05, 4.69) is 78.5 Å². The van der Waals surface area contributed by atoms with E-state index in [4.69, 9.17) is 74.8 Å². The lowest BCUT2D eigenvalue weighted by Gasteiger charge is -2.41. The Hall–Kier alpha value is -4.32. The Bertz CT molecular complexity index is 3110. The van der Waals surface area contributed by atoms with E-state index in [0.29, 0.717) is 80.7 Å². The average Bonchev–Trinajstić information content (AvgIpc) is 1.62. The number of fused-ring (bicyclic) bond motifs is 2. The number of carbonyl (C=O) groups is 2. The molecule has 22 nitrogen and oxygen atoms in total. The Kier molecular flexibility index (Phi) is 28.4. The number of hydrogen-bond acceptors (Lipinski definition) is 16. The summed E-state index contributed by atoms with van der Waals surface area (Å²) in [5.74, 6) is 1.17.